The van der Waals surface area contributed by atoms with Crippen LogP contribution in [0.15, 0.2) is 48.7 Å². The fraction of sp³-hybridized carbons (Fsp3) is 0.143. The molecule has 0 amide bonds. The third-order valence-corrected chi connectivity index (χ3v) is 6.87. The Labute approximate surface area is 197 Å². The van der Waals surface area contributed by atoms with Gasteiger partial charge in [0.25, 0.3) is 0 Å². The van der Waals surface area contributed by atoms with E-state index in [0.29, 0.717) is 39.4 Å². The molecule has 0 aliphatic carbocycles. The number of aromatic nitrogens is 3. The van der Waals surface area contributed by atoms with Gasteiger partial charge in [-0.3, -0.25) is 9.82 Å². The Bertz CT molecular complexity index is 1390. The van der Waals surface area contributed by atoms with Gasteiger partial charge in [0, 0.05) is 11.8 Å². The fourth-order valence-electron chi connectivity index (χ4n) is 3.09. The van der Waals surface area contributed by atoms with Crippen LogP contribution < -0.4 is 15.2 Å². The van der Waals surface area contributed by atoms with Gasteiger partial charge >= 0.3 is 0 Å². The summed E-state index contributed by atoms with van der Waals surface area (Å²) in [7, 11) is -3.53. The van der Waals surface area contributed by atoms with Crippen LogP contribution in [-0.2, 0) is 16.6 Å². The summed E-state index contributed by atoms with van der Waals surface area (Å²) < 4.78 is 46.8. The molecule has 8 nitrogen and oxygen atoms in total. The number of halogens is 2. The van der Waals surface area contributed by atoms with E-state index >= 15 is 0 Å². The minimum absolute atomic E-state index is 0.0853. The van der Waals surface area contributed by atoms with Crippen molar-refractivity contribution in [1.29, 1.82) is 0 Å². The Morgan fingerprint density at radius 1 is 1.22 bits per heavy atom. The molecule has 0 unspecified atom stereocenters. The number of pyridine rings is 1. The Morgan fingerprint density at radius 2 is 1.97 bits per heavy atom. The molecule has 0 saturated carbocycles. The van der Waals surface area contributed by atoms with E-state index < -0.39 is 10.0 Å². The van der Waals surface area contributed by atoms with E-state index in [0.717, 1.165) is 9.13 Å². The van der Waals surface area contributed by atoms with Crippen molar-refractivity contribution in [2.24, 2.45) is 0 Å². The molecule has 0 saturated heterocycles. The number of benzene rings is 2. The molecule has 0 aliphatic rings. The summed E-state index contributed by atoms with van der Waals surface area (Å²) >= 11 is 2.13. The minimum Gasteiger partial charge on any atom is -0.487 e. The number of nitrogen functional groups attached to an aromatic ring is 1. The van der Waals surface area contributed by atoms with Gasteiger partial charge in [-0.05, 0) is 59.3 Å². The van der Waals surface area contributed by atoms with Crippen LogP contribution in [0.5, 0.6) is 5.75 Å². The largest absolute Gasteiger partial charge is 0.487 e. The molecule has 11 heteroatoms. The molecule has 0 atom stereocenters. The Balaban J connectivity index is 1.76. The third-order valence-electron chi connectivity index (χ3n) is 4.79. The summed E-state index contributed by atoms with van der Waals surface area (Å²) in [6, 6.07) is 10.9. The smallest absolute Gasteiger partial charge is 0.232 e. The number of aromatic amines is 1. The number of anilines is 2. The highest BCUT2D eigenvalue weighted by Crippen LogP contribution is 2.36. The average molecular weight is 567 g/mol. The lowest BCUT2D eigenvalue weighted by molar-refractivity contribution is 0.308. The van der Waals surface area contributed by atoms with Gasteiger partial charge in [0.15, 0.2) is 0 Å². The number of H-pyrrole nitrogens is 1. The molecule has 2 aromatic heterocycles. The average Bonchev–Trinajstić information content (AvgIpc) is 3.23. The molecule has 4 rings (SSSR count). The number of nitrogens with two attached hydrogens (primary N) is 1. The molecule has 4 aromatic rings. The lowest BCUT2D eigenvalue weighted by atomic mass is 10.1. The first kappa shape index (κ1) is 22.3. The molecule has 0 spiro atoms. The van der Waals surface area contributed by atoms with Crippen molar-refractivity contribution in [1.82, 2.24) is 15.2 Å². The number of nitrogens with one attached hydrogen (secondary N) is 2. The maximum Gasteiger partial charge on any atom is 0.232 e. The second-order valence-electron chi connectivity index (χ2n) is 6.95. The van der Waals surface area contributed by atoms with E-state index in [9.17, 15) is 12.8 Å². The summed E-state index contributed by atoms with van der Waals surface area (Å²) in [6.45, 7) is 1.67. The highest BCUT2D eigenvalue weighted by atomic mass is 127. The molecule has 2 heterocycles. The molecule has 166 valence electrons. The number of rotatable bonds is 7. The zero-order valence-corrected chi connectivity index (χ0v) is 19.9. The van der Waals surface area contributed by atoms with Crippen LogP contribution >= 0.6 is 22.6 Å². The monoisotopic (exact) mass is 567 g/mol. The van der Waals surface area contributed by atoms with Crippen LogP contribution in [0.2, 0.25) is 0 Å². The van der Waals surface area contributed by atoms with Gasteiger partial charge in [0.1, 0.15) is 29.5 Å². The van der Waals surface area contributed by atoms with Crippen molar-refractivity contribution in [3.05, 3.63) is 63.6 Å². The summed E-state index contributed by atoms with van der Waals surface area (Å²) in [5.41, 5.74) is 9.14. The Morgan fingerprint density at radius 3 is 2.69 bits per heavy atom. The standard InChI is InChI=1S/C21H19FIN5O3S/c1-2-32(29,30)28-16-8-5-13(9-17(16)31-11-12-3-6-14(22)7-4-12)19-18-20(27-26-19)15(23)10-25-21(18)24/h3-10,28H,2,11H2,1H3,(H2,24,25)(H,26,27). The Kier molecular flexibility index (Phi) is 6.20. The molecular formula is C21H19FIN5O3S. The topological polar surface area (TPSA) is 123 Å². The number of hydrogen-bond acceptors (Lipinski definition) is 6. The predicted octanol–water partition coefficient (Wildman–Crippen LogP) is 4.29. The number of hydrogen-bond donors (Lipinski definition) is 3. The molecule has 0 fully saturated rings. The number of ether oxygens (including phenoxy) is 1. The normalized spacial score (nSPS) is 11.6. The van der Waals surface area contributed by atoms with Gasteiger partial charge in [-0.15, -0.1) is 0 Å². The van der Waals surface area contributed by atoms with E-state index in [1.807, 2.05) is 0 Å². The summed E-state index contributed by atoms with van der Waals surface area (Å²) in [6.07, 6.45) is 1.64. The molecular weight excluding hydrogens is 548 g/mol. The summed E-state index contributed by atoms with van der Waals surface area (Å²) in [4.78, 5) is 4.20. The number of fused-ring (bicyclic) bond motifs is 1. The number of nitrogens with zero attached hydrogens (tertiary/aromatic N) is 2. The minimum atomic E-state index is -3.53. The molecule has 2 aromatic carbocycles. The Hall–Kier alpha value is -2.93. The van der Waals surface area contributed by atoms with E-state index in [1.54, 1.807) is 43.5 Å². The van der Waals surface area contributed by atoms with Crippen LogP contribution in [0.1, 0.15) is 12.5 Å². The van der Waals surface area contributed by atoms with E-state index in [4.69, 9.17) is 10.5 Å². The lowest BCUT2D eigenvalue weighted by Gasteiger charge is -2.15. The van der Waals surface area contributed by atoms with Crippen LogP contribution in [0, 0.1) is 9.39 Å². The maximum absolute atomic E-state index is 13.2. The van der Waals surface area contributed by atoms with Gasteiger partial charge in [-0.2, -0.15) is 5.10 Å². The molecule has 4 N–H and O–H groups in total. The van der Waals surface area contributed by atoms with Crippen molar-refractivity contribution in [2.75, 3.05) is 16.2 Å². The van der Waals surface area contributed by atoms with Crippen molar-refractivity contribution in [3.63, 3.8) is 0 Å². The van der Waals surface area contributed by atoms with Crippen molar-refractivity contribution in [2.45, 2.75) is 13.5 Å². The quantitative estimate of drug-likeness (QED) is 0.287. The first-order valence-corrected chi connectivity index (χ1v) is 12.3. The maximum atomic E-state index is 13.2. The zero-order valence-electron chi connectivity index (χ0n) is 16.9. The van der Waals surface area contributed by atoms with E-state index in [-0.39, 0.29) is 18.2 Å². The van der Waals surface area contributed by atoms with E-state index in [2.05, 4.69) is 42.5 Å². The molecule has 0 aliphatic heterocycles. The van der Waals surface area contributed by atoms with Gasteiger partial charge < -0.3 is 10.5 Å². The number of sulfonamides is 1. The second kappa shape index (κ2) is 8.90. The third kappa shape index (κ3) is 4.63. The SMILES string of the molecule is CCS(=O)(=O)Nc1ccc(-c2[nH]nc3c(I)cnc(N)c23)cc1OCc1ccc(F)cc1. The van der Waals surface area contributed by atoms with Crippen molar-refractivity contribution >= 4 is 55.0 Å². The van der Waals surface area contributed by atoms with Gasteiger partial charge in [-0.25, -0.2) is 17.8 Å². The van der Waals surface area contributed by atoms with Crippen LogP contribution in [0.3, 0.4) is 0 Å². The van der Waals surface area contributed by atoms with Gasteiger partial charge in [0.2, 0.25) is 10.0 Å². The summed E-state index contributed by atoms with van der Waals surface area (Å²) in [5.74, 6) is 0.203. The fourth-order valence-corrected chi connectivity index (χ4v) is 4.27. The zero-order chi connectivity index (χ0) is 22.9. The summed E-state index contributed by atoms with van der Waals surface area (Å²) in [5, 5.41) is 8.00. The van der Waals surface area contributed by atoms with Gasteiger partial charge in [-0.1, -0.05) is 18.2 Å². The highest BCUT2D eigenvalue weighted by Gasteiger charge is 2.18. The van der Waals surface area contributed by atoms with Gasteiger partial charge in [0.05, 0.1) is 26.1 Å². The highest BCUT2D eigenvalue weighted by molar-refractivity contribution is 14.1. The second-order valence-corrected chi connectivity index (χ2v) is 10.1. The molecule has 32 heavy (non-hydrogen) atoms. The van der Waals surface area contributed by atoms with Crippen LogP contribution in [0.4, 0.5) is 15.9 Å². The van der Waals surface area contributed by atoms with Crippen molar-refractivity contribution in [3.8, 4) is 17.0 Å². The predicted molar refractivity (Wildman–Crippen MR) is 130 cm³/mol. The first-order valence-electron chi connectivity index (χ1n) is 9.57. The van der Waals surface area contributed by atoms with Crippen molar-refractivity contribution < 1.29 is 17.5 Å². The van der Waals surface area contributed by atoms with Crippen LogP contribution in [-0.4, -0.2) is 29.4 Å². The van der Waals surface area contributed by atoms with E-state index in [1.165, 1.54) is 12.1 Å². The van der Waals surface area contributed by atoms with Crippen LogP contribution in [0.25, 0.3) is 22.2 Å². The molecule has 0 bridgehead atoms. The lowest BCUT2D eigenvalue weighted by Crippen LogP contribution is -2.15. The molecule has 0 radical (unpaired) electrons. The first-order chi connectivity index (χ1) is 15.3.